The van der Waals surface area contributed by atoms with Crippen LogP contribution in [-0.2, 0) is 0 Å². The molecule has 0 atom stereocenters. The van der Waals surface area contributed by atoms with Crippen LogP contribution in [0.15, 0.2) is 47.7 Å². The summed E-state index contributed by atoms with van der Waals surface area (Å²) in [7, 11) is 1.57. The standard InChI is InChI=1S/C16H10FN3O2S/c1-22-11-6-7-18-15-12(11)13-14(23-15)16(21)20(8-19-13)10-4-2-9(17)3-5-10/h2-8H,1H3. The molecule has 5 nitrogen and oxygen atoms in total. The number of methoxy groups -OCH3 is 1. The molecule has 0 fully saturated rings. The Bertz CT molecular complexity index is 1090. The number of hydrogen-bond acceptors (Lipinski definition) is 5. The molecule has 3 heterocycles. The van der Waals surface area contributed by atoms with Crippen molar-refractivity contribution < 1.29 is 9.13 Å². The summed E-state index contributed by atoms with van der Waals surface area (Å²) in [5.74, 6) is 0.277. The van der Waals surface area contributed by atoms with Gasteiger partial charge in [-0.3, -0.25) is 9.36 Å². The molecule has 4 aromatic rings. The monoisotopic (exact) mass is 327 g/mol. The summed E-state index contributed by atoms with van der Waals surface area (Å²) >= 11 is 1.27. The highest BCUT2D eigenvalue weighted by Gasteiger charge is 2.16. The minimum atomic E-state index is -0.355. The quantitative estimate of drug-likeness (QED) is 0.567. The van der Waals surface area contributed by atoms with E-state index in [1.54, 1.807) is 19.4 Å². The fraction of sp³-hybridized carbons (Fsp3) is 0.0625. The number of nitrogens with zero attached hydrogens (tertiary/aromatic N) is 3. The fourth-order valence-corrected chi connectivity index (χ4v) is 3.52. The Morgan fingerprint density at radius 1 is 1.17 bits per heavy atom. The van der Waals surface area contributed by atoms with Crippen molar-refractivity contribution in [2.24, 2.45) is 0 Å². The summed E-state index contributed by atoms with van der Waals surface area (Å²) in [6.07, 6.45) is 3.07. The van der Waals surface area contributed by atoms with Crippen LogP contribution in [0.3, 0.4) is 0 Å². The number of aromatic nitrogens is 3. The van der Waals surface area contributed by atoms with Gasteiger partial charge in [0.25, 0.3) is 5.56 Å². The molecule has 0 spiro atoms. The van der Waals surface area contributed by atoms with Crippen LogP contribution in [0.5, 0.6) is 5.75 Å². The van der Waals surface area contributed by atoms with Gasteiger partial charge in [0.2, 0.25) is 0 Å². The lowest BCUT2D eigenvalue weighted by Crippen LogP contribution is -2.17. The molecule has 4 rings (SSSR count). The summed E-state index contributed by atoms with van der Waals surface area (Å²) in [5, 5.41) is 0.735. The van der Waals surface area contributed by atoms with Gasteiger partial charge in [0.1, 0.15) is 32.9 Å². The van der Waals surface area contributed by atoms with Crippen molar-refractivity contribution >= 4 is 31.8 Å². The first-order chi connectivity index (χ1) is 11.2. The lowest BCUT2D eigenvalue weighted by molar-refractivity contribution is 0.420. The topological polar surface area (TPSA) is 57.0 Å². The second-order valence-electron chi connectivity index (χ2n) is 4.87. The van der Waals surface area contributed by atoms with Gasteiger partial charge in [-0.2, -0.15) is 0 Å². The molecule has 0 saturated heterocycles. The zero-order valence-corrected chi connectivity index (χ0v) is 12.8. The Hall–Kier alpha value is -2.80. The van der Waals surface area contributed by atoms with E-state index in [1.165, 1.54) is 46.5 Å². The van der Waals surface area contributed by atoms with Crippen LogP contribution in [0.2, 0.25) is 0 Å². The van der Waals surface area contributed by atoms with Crippen molar-refractivity contribution in [1.29, 1.82) is 0 Å². The minimum Gasteiger partial charge on any atom is -0.496 e. The van der Waals surface area contributed by atoms with Gasteiger partial charge in [-0.15, -0.1) is 11.3 Å². The van der Waals surface area contributed by atoms with E-state index >= 15 is 0 Å². The van der Waals surface area contributed by atoms with E-state index in [-0.39, 0.29) is 11.4 Å². The van der Waals surface area contributed by atoms with Crippen LogP contribution < -0.4 is 10.3 Å². The first kappa shape index (κ1) is 13.8. The summed E-state index contributed by atoms with van der Waals surface area (Å²) in [5.41, 5.74) is 0.910. The molecule has 0 aliphatic rings. The smallest absolute Gasteiger partial charge is 0.275 e. The maximum absolute atomic E-state index is 13.1. The van der Waals surface area contributed by atoms with Crippen LogP contribution in [-0.4, -0.2) is 21.6 Å². The number of ether oxygens (including phenoxy) is 1. The predicted octanol–water partition coefficient (Wildman–Crippen LogP) is 3.14. The highest BCUT2D eigenvalue weighted by atomic mass is 32.1. The molecule has 1 aromatic carbocycles. The molecule has 0 amide bonds. The molecule has 7 heteroatoms. The number of fused-ring (bicyclic) bond motifs is 3. The van der Waals surface area contributed by atoms with Gasteiger partial charge in [-0.1, -0.05) is 0 Å². The third-order valence-corrected chi connectivity index (χ3v) is 4.64. The predicted molar refractivity (Wildman–Crippen MR) is 87.0 cm³/mol. The Morgan fingerprint density at radius 2 is 1.96 bits per heavy atom. The average Bonchev–Trinajstić information content (AvgIpc) is 2.96. The van der Waals surface area contributed by atoms with Crippen molar-refractivity contribution in [2.75, 3.05) is 7.11 Å². The normalized spacial score (nSPS) is 11.2. The van der Waals surface area contributed by atoms with E-state index < -0.39 is 0 Å². The summed E-state index contributed by atoms with van der Waals surface area (Å²) in [6.45, 7) is 0. The van der Waals surface area contributed by atoms with Gasteiger partial charge in [-0.05, 0) is 30.3 Å². The van der Waals surface area contributed by atoms with Crippen LogP contribution in [0, 0.1) is 5.82 Å². The number of thiophene rings is 1. The number of benzene rings is 1. The van der Waals surface area contributed by atoms with Gasteiger partial charge < -0.3 is 4.74 Å². The average molecular weight is 327 g/mol. The minimum absolute atomic E-state index is 0.216. The molecule has 0 unspecified atom stereocenters. The van der Waals surface area contributed by atoms with Gasteiger partial charge in [-0.25, -0.2) is 14.4 Å². The number of pyridine rings is 1. The van der Waals surface area contributed by atoms with E-state index in [9.17, 15) is 9.18 Å². The Balaban J connectivity index is 2.04. The number of hydrogen-bond donors (Lipinski definition) is 0. The summed E-state index contributed by atoms with van der Waals surface area (Å²) < 4.78 is 20.3. The third kappa shape index (κ3) is 2.08. The van der Waals surface area contributed by atoms with E-state index in [0.29, 0.717) is 26.5 Å². The SMILES string of the molecule is COc1ccnc2sc3c(=O)n(-c4ccc(F)cc4)cnc3c12. The summed E-state index contributed by atoms with van der Waals surface area (Å²) in [6, 6.07) is 7.43. The second-order valence-corrected chi connectivity index (χ2v) is 5.87. The van der Waals surface area contributed by atoms with Crippen LogP contribution in [0.25, 0.3) is 26.1 Å². The van der Waals surface area contributed by atoms with E-state index in [0.717, 1.165) is 5.39 Å². The molecule has 114 valence electrons. The summed E-state index contributed by atoms with van der Waals surface area (Å²) in [4.78, 5) is 22.1. The van der Waals surface area contributed by atoms with Gasteiger partial charge >= 0.3 is 0 Å². The maximum Gasteiger partial charge on any atom is 0.275 e. The molecule has 0 N–H and O–H groups in total. The van der Waals surface area contributed by atoms with E-state index in [4.69, 9.17) is 4.74 Å². The van der Waals surface area contributed by atoms with Crippen LogP contribution in [0.1, 0.15) is 0 Å². The lowest BCUT2D eigenvalue weighted by atomic mass is 10.2. The third-order valence-electron chi connectivity index (χ3n) is 3.57. The second kappa shape index (κ2) is 5.13. The van der Waals surface area contributed by atoms with E-state index in [1.807, 2.05) is 0 Å². The molecule has 0 aliphatic heterocycles. The van der Waals surface area contributed by atoms with Crippen molar-refractivity contribution in [2.45, 2.75) is 0 Å². The number of halogens is 1. The first-order valence-electron chi connectivity index (χ1n) is 6.78. The molecule has 23 heavy (non-hydrogen) atoms. The molecular formula is C16H10FN3O2S. The van der Waals surface area contributed by atoms with E-state index in [2.05, 4.69) is 9.97 Å². The Labute approximate surface area is 133 Å². The maximum atomic E-state index is 13.1. The lowest BCUT2D eigenvalue weighted by Gasteiger charge is -2.05. The molecule has 0 radical (unpaired) electrons. The Morgan fingerprint density at radius 3 is 2.70 bits per heavy atom. The van der Waals surface area contributed by atoms with Gasteiger partial charge in [0, 0.05) is 6.20 Å². The van der Waals surface area contributed by atoms with Crippen molar-refractivity contribution in [3.63, 3.8) is 0 Å². The molecule has 0 bridgehead atoms. The van der Waals surface area contributed by atoms with Crippen molar-refractivity contribution in [1.82, 2.24) is 14.5 Å². The number of rotatable bonds is 2. The van der Waals surface area contributed by atoms with Gasteiger partial charge in [0.05, 0.1) is 18.2 Å². The fourth-order valence-electron chi connectivity index (χ4n) is 2.48. The van der Waals surface area contributed by atoms with Gasteiger partial charge in [0.15, 0.2) is 0 Å². The molecule has 0 aliphatic carbocycles. The Kier molecular flexibility index (Phi) is 3.09. The molecule has 0 saturated carbocycles. The van der Waals surface area contributed by atoms with Crippen LogP contribution >= 0.6 is 11.3 Å². The van der Waals surface area contributed by atoms with Crippen LogP contribution in [0.4, 0.5) is 4.39 Å². The highest BCUT2D eigenvalue weighted by molar-refractivity contribution is 7.25. The zero-order valence-electron chi connectivity index (χ0n) is 12.0. The first-order valence-corrected chi connectivity index (χ1v) is 7.59. The molecule has 3 aromatic heterocycles. The molecular weight excluding hydrogens is 317 g/mol. The van der Waals surface area contributed by atoms with Crippen molar-refractivity contribution in [3.05, 3.63) is 59.0 Å². The zero-order chi connectivity index (χ0) is 16.0. The van der Waals surface area contributed by atoms with Crippen molar-refractivity contribution in [3.8, 4) is 11.4 Å². The largest absolute Gasteiger partial charge is 0.496 e. The highest BCUT2D eigenvalue weighted by Crippen LogP contribution is 2.35.